The zero-order valence-electron chi connectivity index (χ0n) is 14.1. The Balaban J connectivity index is 1.82. The van der Waals surface area contributed by atoms with Crippen molar-refractivity contribution in [2.75, 3.05) is 14.2 Å². The molecule has 0 aliphatic carbocycles. The zero-order chi connectivity index (χ0) is 18.7. The molecule has 0 aliphatic rings. The first-order valence-electron chi connectivity index (χ1n) is 7.62. The summed E-state index contributed by atoms with van der Waals surface area (Å²) in [6.07, 6.45) is 1.27. The van der Waals surface area contributed by atoms with Crippen molar-refractivity contribution in [3.05, 3.63) is 47.7 Å². The van der Waals surface area contributed by atoms with E-state index in [9.17, 15) is 15.0 Å². The van der Waals surface area contributed by atoms with E-state index >= 15 is 0 Å². The summed E-state index contributed by atoms with van der Waals surface area (Å²) in [4.78, 5) is 15.3. The number of carbonyl (C=O) groups excluding carboxylic acids is 1. The van der Waals surface area contributed by atoms with Crippen LogP contribution in [0.3, 0.4) is 0 Å². The van der Waals surface area contributed by atoms with Crippen molar-refractivity contribution in [3.63, 3.8) is 0 Å². The van der Waals surface area contributed by atoms with Gasteiger partial charge < -0.3 is 24.7 Å². The number of rotatable bonds is 5. The van der Waals surface area contributed by atoms with E-state index in [0.29, 0.717) is 28.0 Å². The van der Waals surface area contributed by atoms with Crippen LogP contribution in [0, 0.1) is 0 Å². The quantitative estimate of drug-likeness (QED) is 0.414. The van der Waals surface area contributed by atoms with Crippen molar-refractivity contribution in [1.82, 2.24) is 10.4 Å². The largest absolute Gasteiger partial charge is 0.508 e. The van der Waals surface area contributed by atoms with E-state index < -0.39 is 5.91 Å². The average molecular weight is 355 g/mol. The molecule has 4 N–H and O–H groups in total. The first kappa shape index (κ1) is 17.2. The van der Waals surface area contributed by atoms with Gasteiger partial charge in [0.25, 0.3) is 5.91 Å². The number of nitrogens with zero attached hydrogens (tertiary/aromatic N) is 1. The third-order valence-corrected chi connectivity index (χ3v) is 3.78. The minimum absolute atomic E-state index is 0.0651. The van der Waals surface area contributed by atoms with Crippen LogP contribution in [0.2, 0.25) is 0 Å². The van der Waals surface area contributed by atoms with Crippen LogP contribution in [0.1, 0.15) is 16.1 Å². The molecular weight excluding hydrogens is 338 g/mol. The number of phenols is 2. The van der Waals surface area contributed by atoms with Crippen LogP contribution >= 0.6 is 0 Å². The SMILES string of the molecule is COc1ccc(OC)c2[nH]c(C(=O)N/N=C/c3ccc(O)cc3O)cc12. The van der Waals surface area contributed by atoms with E-state index in [0.717, 1.165) is 0 Å². The molecule has 3 aromatic rings. The zero-order valence-corrected chi connectivity index (χ0v) is 14.1. The Morgan fingerprint density at radius 1 is 1.12 bits per heavy atom. The number of carbonyl (C=O) groups is 1. The summed E-state index contributed by atoms with van der Waals surface area (Å²) in [5, 5.41) is 23.5. The number of hydrazone groups is 1. The van der Waals surface area contributed by atoms with Crippen molar-refractivity contribution in [1.29, 1.82) is 0 Å². The number of benzene rings is 2. The van der Waals surface area contributed by atoms with Gasteiger partial charge in [-0.05, 0) is 30.3 Å². The first-order chi connectivity index (χ1) is 12.5. The van der Waals surface area contributed by atoms with Crippen molar-refractivity contribution in [3.8, 4) is 23.0 Å². The lowest BCUT2D eigenvalue weighted by atomic mass is 10.2. The molecular formula is C18H17N3O5. The molecule has 1 amide bonds. The molecule has 134 valence electrons. The summed E-state index contributed by atoms with van der Waals surface area (Å²) in [6, 6.07) is 9.19. The molecule has 0 bridgehead atoms. The molecule has 0 aliphatic heterocycles. The average Bonchev–Trinajstić information content (AvgIpc) is 3.08. The molecule has 26 heavy (non-hydrogen) atoms. The van der Waals surface area contributed by atoms with Crippen LogP contribution in [0.25, 0.3) is 10.9 Å². The van der Waals surface area contributed by atoms with Gasteiger partial charge in [-0.25, -0.2) is 5.43 Å². The van der Waals surface area contributed by atoms with E-state index in [2.05, 4.69) is 15.5 Å². The van der Waals surface area contributed by atoms with Crippen molar-refractivity contribution >= 4 is 23.0 Å². The Kier molecular flexibility index (Phi) is 4.66. The minimum Gasteiger partial charge on any atom is -0.508 e. The highest BCUT2D eigenvalue weighted by Crippen LogP contribution is 2.33. The Hall–Kier alpha value is -3.68. The molecule has 0 saturated carbocycles. The number of aromatic hydroxyl groups is 2. The van der Waals surface area contributed by atoms with Gasteiger partial charge in [0.15, 0.2) is 0 Å². The summed E-state index contributed by atoms with van der Waals surface area (Å²) in [5.74, 6) is 0.499. The normalized spacial score (nSPS) is 11.0. The summed E-state index contributed by atoms with van der Waals surface area (Å²) >= 11 is 0. The highest BCUT2D eigenvalue weighted by Gasteiger charge is 2.15. The number of amides is 1. The fourth-order valence-corrected chi connectivity index (χ4v) is 2.50. The van der Waals surface area contributed by atoms with Gasteiger partial charge in [-0.1, -0.05) is 0 Å². The third kappa shape index (κ3) is 3.25. The maximum atomic E-state index is 12.3. The summed E-state index contributed by atoms with van der Waals surface area (Å²) < 4.78 is 10.6. The second kappa shape index (κ2) is 7.06. The van der Waals surface area contributed by atoms with Crippen molar-refractivity contribution in [2.45, 2.75) is 0 Å². The van der Waals surface area contributed by atoms with Crippen LogP contribution in [0.5, 0.6) is 23.0 Å². The Morgan fingerprint density at radius 2 is 1.85 bits per heavy atom. The molecule has 1 heterocycles. The molecule has 2 aromatic carbocycles. The number of methoxy groups -OCH3 is 2. The highest BCUT2D eigenvalue weighted by atomic mass is 16.5. The van der Waals surface area contributed by atoms with Gasteiger partial charge in [-0.2, -0.15) is 5.10 Å². The maximum Gasteiger partial charge on any atom is 0.287 e. The fraction of sp³-hybridized carbons (Fsp3) is 0.111. The van der Waals surface area contributed by atoms with E-state index in [4.69, 9.17) is 9.47 Å². The van der Waals surface area contributed by atoms with E-state index in [1.54, 1.807) is 25.3 Å². The molecule has 0 radical (unpaired) electrons. The van der Waals surface area contributed by atoms with Crippen LogP contribution in [-0.4, -0.2) is 41.5 Å². The molecule has 0 atom stereocenters. The fourth-order valence-electron chi connectivity index (χ4n) is 2.50. The molecule has 8 heteroatoms. The van der Waals surface area contributed by atoms with Gasteiger partial charge in [0, 0.05) is 17.0 Å². The van der Waals surface area contributed by atoms with Gasteiger partial charge in [0.05, 0.1) is 26.0 Å². The number of phenolic OH excluding ortho intramolecular Hbond substituents is 2. The minimum atomic E-state index is -0.472. The molecule has 0 saturated heterocycles. The Labute approximate surface area is 148 Å². The molecule has 1 aromatic heterocycles. The highest BCUT2D eigenvalue weighted by molar-refractivity contribution is 6.01. The molecule has 3 rings (SSSR count). The maximum absolute atomic E-state index is 12.3. The van der Waals surface area contributed by atoms with Crippen molar-refractivity contribution < 1.29 is 24.5 Å². The number of ether oxygens (including phenoxy) is 2. The number of hydrogen-bond donors (Lipinski definition) is 4. The van der Waals surface area contributed by atoms with Gasteiger partial charge in [0.1, 0.15) is 28.7 Å². The lowest BCUT2D eigenvalue weighted by Crippen LogP contribution is -2.17. The number of fused-ring (bicyclic) bond motifs is 1. The monoisotopic (exact) mass is 355 g/mol. The van der Waals surface area contributed by atoms with E-state index in [1.165, 1.54) is 31.5 Å². The van der Waals surface area contributed by atoms with E-state index in [1.807, 2.05) is 0 Å². The third-order valence-electron chi connectivity index (χ3n) is 3.78. The van der Waals surface area contributed by atoms with Crippen LogP contribution < -0.4 is 14.9 Å². The van der Waals surface area contributed by atoms with Gasteiger partial charge >= 0.3 is 0 Å². The molecule has 0 spiro atoms. The van der Waals surface area contributed by atoms with Crippen molar-refractivity contribution in [2.24, 2.45) is 5.10 Å². The Morgan fingerprint density at radius 3 is 2.54 bits per heavy atom. The van der Waals surface area contributed by atoms with Crippen LogP contribution in [-0.2, 0) is 0 Å². The van der Waals surface area contributed by atoms with Crippen LogP contribution in [0.4, 0.5) is 0 Å². The van der Waals surface area contributed by atoms with Crippen LogP contribution in [0.15, 0.2) is 41.5 Å². The predicted molar refractivity (Wildman–Crippen MR) is 96.2 cm³/mol. The second-order valence-corrected chi connectivity index (χ2v) is 5.38. The molecule has 0 unspecified atom stereocenters. The standard InChI is InChI=1S/C18H17N3O5/c1-25-15-5-6-16(26-2)17-12(15)8-13(20-17)18(24)21-19-9-10-3-4-11(22)7-14(10)23/h3-9,20,22-23H,1-2H3,(H,21,24)/b19-9+. The topological polar surface area (TPSA) is 116 Å². The summed E-state index contributed by atoms with van der Waals surface area (Å²) in [6.45, 7) is 0. The predicted octanol–water partition coefficient (Wildman–Crippen LogP) is 2.36. The summed E-state index contributed by atoms with van der Waals surface area (Å²) in [7, 11) is 3.08. The summed E-state index contributed by atoms with van der Waals surface area (Å²) in [5.41, 5.74) is 3.63. The second-order valence-electron chi connectivity index (χ2n) is 5.38. The van der Waals surface area contributed by atoms with Gasteiger partial charge in [0.2, 0.25) is 0 Å². The first-order valence-corrected chi connectivity index (χ1v) is 7.62. The molecule has 8 nitrogen and oxygen atoms in total. The lowest BCUT2D eigenvalue weighted by Gasteiger charge is -2.05. The molecule has 0 fully saturated rings. The number of H-pyrrole nitrogens is 1. The van der Waals surface area contributed by atoms with Gasteiger partial charge in [-0.3, -0.25) is 4.79 Å². The number of aromatic amines is 1. The number of aromatic nitrogens is 1. The number of nitrogens with one attached hydrogen (secondary N) is 2. The Bertz CT molecular complexity index is 953. The lowest BCUT2D eigenvalue weighted by molar-refractivity contribution is 0.0951. The smallest absolute Gasteiger partial charge is 0.287 e. The van der Waals surface area contributed by atoms with E-state index in [-0.39, 0.29) is 17.2 Å². The number of hydrogen-bond acceptors (Lipinski definition) is 6. The van der Waals surface area contributed by atoms with Gasteiger partial charge in [-0.15, -0.1) is 0 Å².